The van der Waals surface area contributed by atoms with Crippen molar-refractivity contribution in [3.8, 4) is 0 Å². The molecule has 2 aliphatic heterocycles. The van der Waals surface area contributed by atoms with Crippen LogP contribution in [0.1, 0.15) is 24.0 Å². The highest BCUT2D eigenvalue weighted by Crippen LogP contribution is 2.17. The normalized spacial score (nSPS) is 24.0. The summed E-state index contributed by atoms with van der Waals surface area (Å²) in [5.74, 6) is 1.99. The summed E-state index contributed by atoms with van der Waals surface area (Å²) in [4.78, 5) is 14.8. The molecule has 0 bridgehead atoms. The molecule has 5 heteroatoms. The van der Waals surface area contributed by atoms with E-state index in [1.165, 1.54) is 11.1 Å². The molecule has 0 saturated carbocycles. The number of nitrogens with zero attached hydrogens (tertiary/aromatic N) is 1. The number of amides is 1. The predicted molar refractivity (Wildman–Crippen MR) is 94.7 cm³/mol. The number of carbonyl (C=O) groups is 1. The minimum Gasteiger partial charge on any atom is -0.376 e. The lowest BCUT2D eigenvalue weighted by Crippen LogP contribution is -2.48. The summed E-state index contributed by atoms with van der Waals surface area (Å²) >= 11 is 1.80. The molecule has 3 rings (SSSR count). The van der Waals surface area contributed by atoms with Crippen LogP contribution in [-0.2, 0) is 16.0 Å². The van der Waals surface area contributed by atoms with Crippen LogP contribution in [0.2, 0.25) is 0 Å². The molecule has 2 atom stereocenters. The van der Waals surface area contributed by atoms with Gasteiger partial charge >= 0.3 is 0 Å². The first-order valence-corrected chi connectivity index (χ1v) is 9.65. The fourth-order valence-electron chi connectivity index (χ4n) is 3.12. The van der Waals surface area contributed by atoms with Crippen molar-refractivity contribution in [1.82, 2.24) is 10.2 Å². The second-order valence-corrected chi connectivity index (χ2v) is 7.46. The molecular weight excluding hydrogens is 308 g/mol. The number of carbonyl (C=O) groups excluding carboxylic acids is 1. The van der Waals surface area contributed by atoms with Gasteiger partial charge < -0.3 is 9.64 Å². The zero-order valence-electron chi connectivity index (χ0n) is 13.8. The van der Waals surface area contributed by atoms with Gasteiger partial charge in [0.15, 0.2) is 0 Å². The first-order chi connectivity index (χ1) is 11.2. The van der Waals surface area contributed by atoms with Gasteiger partial charge in [-0.25, -0.2) is 0 Å². The minimum absolute atomic E-state index is 0.0283. The molecule has 2 aliphatic rings. The van der Waals surface area contributed by atoms with Crippen molar-refractivity contribution in [3.05, 3.63) is 35.4 Å². The number of benzene rings is 1. The highest BCUT2D eigenvalue weighted by Gasteiger charge is 2.29. The summed E-state index contributed by atoms with van der Waals surface area (Å²) in [6.07, 6.45) is 3.30. The van der Waals surface area contributed by atoms with Crippen LogP contribution in [0.3, 0.4) is 0 Å². The van der Waals surface area contributed by atoms with E-state index in [2.05, 4.69) is 36.5 Å². The van der Waals surface area contributed by atoms with Crippen LogP contribution in [0.15, 0.2) is 24.3 Å². The van der Waals surface area contributed by atoms with Crippen molar-refractivity contribution in [2.45, 2.75) is 38.3 Å². The smallest absolute Gasteiger partial charge is 0.240 e. The first kappa shape index (κ1) is 16.8. The van der Waals surface area contributed by atoms with E-state index < -0.39 is 0 Å². The van der Waals surface area contributed by atoms with E-state index in [4.69, 9.17) is 4.74 Å². The molecule has 2 saturated heterocycles. The van der Waals surface area contributed by atoms with Crippen molar-refractivity contribution < 1.29 is 9.53 Å². The zero-order valence-corrected chi connectivity index (χ0v) is 14.6. The summed E-state index contributed by atoms with van der Waals surface area (Å²) in [6, 6.07) is 8.56. The molecule has 0 unspecified atom stereocenters. The average Bonchev–Trinajstić information content (AvgIpc) is 3.26. The Bertz CT molecular complexity index is 508. The zero-order chi connectivity index (χ0) is 16.1. The summed E-state index contributed by atoms with van der Waals surface area (Å²) < 4.78 is 5.74. The fourth-order valence-corrected chi connectivity index (χ4v) is 4.05. The molecule has 0 aliphatic carbocycles. The largest absolute Gasteiger partial charge is 0.376 e. The highest BCUT2D eigenvalue weighted by molar-refractivity contribution is 7.99. The summed E-state index contributed by atoms with van der Waals surface area (Å²) in [6.45, 7) is 4.43. The highest BCUT2D eigenvalue weighted by atomic mass is 32.2. The fraction of sp³-hybridized carbons (Fsp3) is 0.611. The van der Waals surface area contributed by atoms with E-state index in [1.807, 2.05) is 4.90 Å². The van der Waals surface area contributed by atoms with E-state index in [0.29, 0.717) is 0 Å². The van der Waals surface area contributed by atoms with Gasteiger partial charge in [0, 0.05) is 31.3 Å². The van der Waals surface area contributed by atoms with E-state index in [0.717, 1.165) is 50.6 Å². The van der Waals surface area contributed by atoms with Gasteiger partial charge in [0.05, 0.1) is 12.1 Å². The lowest BCUT2D eigenvalue weighted by Gasteiger charge is -2.28. The van der Waals surface area contributed by atoms with Gasteiger partial charge in [-0.2, -0.15) is 0 Å². The molecule has 4 nitrogen and oxygen atoms in total. The van der Waals surface area contributed by atoms with Crippen LogP contribution in [0.25, 0.3) is 0 Å². The summed E-state index contributed by atoms with van der Waals surface area (Å²) in [5.41, 5.74) is 2.56. The number of nitrogens with one attached hydrogen (secondary N) is 1. The SMILES string of the molecule is Cc1ccc(CCN(C[C@@H]2CCCO2)C(=O)[C@H]2CSCN2)cc1. The Labute approximate surface area is 143 Å². The van der Waals surface area contributed by atoms with Crippen molar-refractivity contribution in [2.24, 2.45) is 0 Å². The molecule has 1 aromatic rings. The van der Waals surface area contributed by atoms with Gasteiger partial charge in [-0.15, -0.1) is 11.8 Å². The molecule has 0 radical (unpaired) electrons. The van der Waals surface area contributed by atoms with E-state index >= 15 is 0 Å². The molecule has 1 aromatic carbocycles. The number of ether oxygens (including phenoxy) is 1. The topological polar surface area (TPSA) is 41.6 Å². The molecule has 2 fully saturated rings. The van der Waals surface area contributed by atoms with Crippen molar-refractivity contribution in [3.63, 3.8) is 0 Å². The molecular formula is C18H26N2O2S. The van der Waals surface area contributed by atoms with Crippen LogP contribution in [-0.4, -0.2) is 54.3 Å². The van der Waals surface area contributed by atoms with Crippen molar-refractivity contribution in [1.29, 1.82) is 0 Å². The van der Waals surface area contributed by atoms with Crippen molar-refractivity contribution >= 4 is 17.7 Å². The Morgan fingerprint density at radius 3 is 2.87 bits per heavy atom. The van der Waals surface area contributed by atoms with Crippen LogP contribution in [0, 0.1) is 6.92 Å². The van der Waals surface area contributed by atoms with Crippen LogP contribution in [0.5, 0.6) is 0 Å². The lowest BCUT2D eigenvalue weighted by atomic mass is 10.1. The Hall–Kier alpha value is -1.04. The van der Waals surface area contributed by atoms with Gasteiger partial charge in [-0.3, -0.25) is 10.1 Å². The van der Waals surface area contributed by atoms with E-state index in [-0.39, 0.29) is 18.1 Å². The molecule has 1 N–H and O–H groups in total. The maximum Gasteiger partial charge on any atom is 0.240 e. The van der Waals surface area contributed by atoms with Gasteiger partial charge in [-0.05, 0) is 31.7 Å². The number of rotatable bonds is 6. The standard InChI is InChI=1S/C18H26N2O2S/c1-14-4-6-15(7-5-14)8-9-20(11-16-3-2-10-22-16)18(21)17-12-23-13-19-17/h4-7,16-17,19H,2-3,8-13H2,1H3/t16-,17+/m0/s1. The molecule has 0 aromatic heterocycles. The lowest BCUT2D eigenvalue weighted by molar-refractivity contribution is -0.134. The monoisotopic (exact) mass is 334 g/mol. The second kappa shape index (κ2) is 8.18. The van der Waals surface area contributed by atoms with Gasteiger partial charge in [-0.1, -0.05) is 29.8 Å². The van der Waals surface area contributed by atoms with Crippen molar-refractivity contribution in [2.75, 3.05) is 31.3 Å². The first-order valence-electron chi connectivity index (χ1n) is 8.49. The second-order valence-electron chi connectivity index (χ2n) is 6.43. The molecule has 126 valence electrons. The Morgan fingerprint density at radius 2 is 2.22 bits per heavy atom. The molecule has 2 heterocycles. The maximum atomic E-state index is 12.8. The third-order valence-electron chi connectivity index (χ3n) is 4.57. The van der Waals surface area contributed by atoms with Crippen LogP contribution < -0.4 is 5.32 Å². The van der Waals surface area contributed by atoms with Crippen LogP contribution in [0.4, 0.5) is 0 Å². The third kappa shape index (κ3) is 4.72. The summed E-state index contributed by atoms with van der Waals surface area (Å²) in [5, 5.41) is 3.30. The third-order valence-corrected chi connectivity index (χ3v) is 5.50. The van der Waals surface area contributed by atoms with Gasteiger partial charge in [0.1, 0.15) is 0 Å². The predicted octanol–water partition coefficient (Wildman–Crippen LogP) is 2.21. The Morgan fingerprint density at radius 1 is 1.39 bits per heavy atom. The molecule has 1 amide bonds. The van der Waals surface area contributed by atoms with Crippen LogP contribution >= 0.6 is 11.8 Å². The van der Waals surface area contributed by atoms with E-state index in [1.54, 1.807) is 11.8 Å². The van der Waals surface area contributed by atoms with Gasteiger partial charge in [0.2, 0.25) is 5.91 Å². The average molecular weight is 334 g/mol. The Kier molecular flexibility index (Phi) is 5.97. The number of hydrogen-bond donors (Lipinski definition) is 1. The minimum atomic E-state index is -0.0283. The quantitative estimate of drug-likeness (QED) is 0.866. The number of thioether (sulfide) groups is 1. The number of hydrogen-bond acceptors (Lipinski definition) is 4. The molecule has 0 spiro atoms. The Balaban J connectivity index is 1.61. The maximum absolute atomic E-state index is 12.8. The molecule has 23 heavy (non-hydrogen) atoms. The summed E-state index contributed by atoms with van der Waals surface area (Å²) in [7, 11) is 0. The van der Waals surface area contributed by atoms with Gasteiger partial charge in [0.25, 0.3) is 0 Å². The number of aryl methyl sites for hydroxylation is 1. The van der Waals surface area contributed by atoms with E-state index in [9.17, 15) is 4.79 Å².